The molecule has 1 atom stereocenters. The maximum atomic E-state index is 12.1. The standard InChI is InChI=1S/C14H17N3O2S/c1-11(12-6-3-2-4-7-12)10-17-20(18,19)14-13(15)8-5-9-16-14/h2-9,11,17H,10,15H2,1H3. The SMILES string of the molecule is CC(CNS(=O)(=O)c1ncccc1N)c1ccccc1. The molecule has 2 rings (SSSR count). The van der Waals surface area contributed by atoms with Gasteiger partial charge >= 0.3 is 0 Å². The molecule has 0 saturated carbocycles. The summed E-state index contributed by atoms with van der Waals surface area (Å²) in [5, 5.41) is -0.125. The maximum Gasteiger partial charge on any atom is 0.260 e. The molecule has 106 valence electrons. The number of benzene rings is 1. The van der Waals surface area contributed by atoms with Crippen LogP contribution in [0.5, 0.6) is 0 Å². The lowest BCUT2D eigenvalue weighted by atomic mass is 10.0. The van der Waals surface area contributed by atoms with E-state index in [4.69, 9.17) is 5.73 Å². The zero-order valence-electron chi connectivity index (χ0n) is 11.2. The third kappa shape index (κ3) is 3.34. The molecule has 0 bridgehead atoms. The summed E-state index contributed by atoms with van der Waals surface area (Å²) in [5.74, 6) is 0.0657. The van der Waals surface area contributed by atoms with Gasteiger partial charge in [-0.05, 0) is 23.6 Å². The topological polar surface area (TPSA) is 85.1 Å². The number of nitrogen functional groups attached to an aromatic ring is 1. The van der Waals surface area contributed by atoms with Crippen LogP contribution < -0.4 is 10.5 Å². The Hall–Kier alpha value is -1.92. The van der Waals surface area contributed by atoms with Crippen LogP contribution in [0, 0.1) is 0 Å². The van der Waals surface area contributed by atoms with Gasteiger partial charge in [0.05, 0.1) is 5.69 Å². The van der Waals surface area contributed by atoms with Crippen LogP contribution in [0.4, 0.5) is 5.69 Å². The van der Waals surface area contributed by atoms with Crippen LogP contribution in [0.15, 0.2) is 53.7 Å². The van der Waals surface area contributed by atoms with Gasteiger partial charge in [-0.15, -0.1) is 0 Å². The molecule has 0 aliphatic rings. The number of anilines is 1. The Kier molecular flexibility index (Phi) is 4.36. The van der Waals surface area contributed by atoms with Gasteiger partial charge in [-0.3, -0.25) is 0 Å². The predicted octanol–water partition coefficient (Wildman–Crippen LogP) is 1.75. The summed E-state index contributed by atoms with van der Waals surface area (Å²) in [7, 11) is -3.68. The number of nitrogens with two attached hydrogens (primary N) is 1. The molecule has 0 fully saturated rings. The Bertz CT molecular complexity index is 672. The van der Waals surface area contributed by atoms with E-state index in [9.17, 15) is 8.42 Å². The van der Waals surface area contributed by atoms with Gasteiger partial charge in [-0.2, -0.15) is 0 Å². The molecular weight excluding hydrogens is 274 g/mol. The van der Waals surface area contributed by atoms with Gasteiger partial charge in [0, 0.05) is 12.7 Å². The first-order valence-electron chi connectivity index (χ1n) is 6.26. The van der Waals surface area contributed by atoms with Gasteiger partial charge in [-0.1, -0.05) is 37.3 Å². The average molecular weight is 291 g/mol. The summed E-state index contributed by atoms with van der Waals surface area (Å²) < 4.78 is 26.8. The maximum absolute atomic E-state index is 12.1. The lowest BCUT2D eigenvalue weighted by Crippen LogP contribution is -2.29. The molecule has 0 spiro atoms. The largest absolute Gasteiger partial charge is 0.396 e. The van der Waals surface area contributed by atoms with Crippen LogP contribution >= 0.6 is 0 Å². The van der Waals surface area contributed by atoms with Crippen molar-refractivity contribution in [2.24, 2.45) is 0 Å². The molecule has 6 heteroatoms. The molecule has 0 aliphatic carbocycles. The smallest absolute Gasteiger partial charge is 0.260 e. The molecular formula is C14H17N3O2S. The van der Waals surface area contributed by atoms with E-state index in [1.165, 1.54) is 12.3 Å². The van der Waals surface area contributed by atoms with Gasteiger partial charge in [0.1, 0.15) is 0 Å². The fraction of sp³-hybridized carbons (Fsp3) is 0.214. The highest BCUT2D eigenvalue weighted by Gasteiger charge is 2.19. The molecule has 2 aromatic rings. The second-order valence-electron chi connectivity index (χ2n) is 4.56. The average Bonchev–Trinajstić information content (AvgIpc) is 2.46. The molecule has 5 nitrogen and oxygen atoms in total. The lowest BCUT2D eigenvalue weighted by molar-refractivity contribution is 0.571. The van der Waals surface area contributed by atoms with E-state index in [1.54, 1.807) is 6.07 Å². The van der Waals surface area contributed by atoms with E-state index in [2.05, 4.69) is 9.71 Å². The third-order valence-electron chi connectivity index (χ3n) is 3.00. The van der Waals surface area contributed by atoms with E-state index in [1.807, 2.05) is 37.3 Å². The summed E-state index contributed by atoms with van der Waals surface area (Å²) in [6.45, 7) is 2.25. The van der Waals surface area contributed by atoms with Crippen molar-refractivity contribution in [1.29, 1.82) is 0 Å². The molecule has 0 radical (unpaired) electrons. The minimum absolute atomic E-state index is 0.0657. The summed E-state index contributed by atoms with van der Waals surface area (Å²) in [6.07, 6.45) is 1.41. The summed E-state index contributed by atoms with van der Waals surface area (Å²) >= 11 is 0. The number of sulfonamides is 1. The molecule has 20 heavy (non-hydrogen) atoms. The van der Waals surface area contributed by atoms with Crippen molar-refractivity contribution >= 4 is 15.7 Å². The monoisotopic (exact) mass is 291 g/mol. The van der Waals surface area contributed by atoms with E-state index >= 15 is 0 Å². The highest BCUT2D eigenvalue weighted by molar-refractivity contribution is 7.89. The highest BCUT2D eigenvalue weighted by atomic mass is 32.2. The number of hydrogen-bond donors (Lipinski definition) is 2. The molecule has 1 aromatic heterocycles. The minimum Gasteiger partial charge on any atom is -0.396 e. The third-order valence-corrected chi connectivity index (χ3v) is 4.40. The van der Waals surface area contributed by atoms with Gasteiger partial charge in [0.2, 0.25) is 0 Å². The predicted molar refractivity (Wildman–Crippen MR) is 78.7 cm³/mol. The molecule has 1 aromatic carbocycles. The number of nitrogens with zero attached hydrogens (tertiary/aromatic N) is 1. The van der Waals surface area contributed by atoms with Gasteiger partial charge in [0.15, 0.2) is 5.03 Å². The molecule has 0 aliphatic heterocycles. The number of pyridine rings is 1. The number of nitrogens with one attached hydrogen (secondary N) is 1. The van der Waals surface area contributed by atoms with Crippen LogP contribution in [0.3, 0.4) is 0 Å². The second-order valence-corrected chi connectivity index (χ2v) is 6.24. The number of rotatable bonds is 5. The molecule has 1 unspecified atom stereocenters. The lowest BCUT2D eigenvalue weighted by Gasteiger charge is -2.13. The quantitative estimate of drug-likeness (QED) is 0.878. The second kappa shape index (κ2) is 6.02. The highest BCUT2D eigenvalue weighted by Crippen LogP contribution is 2.17. The van der Waals surface area contributed by atoms with Crippen molar-refractivity contribution in [2.45, 2.75) is 17.9 Å². The summed E-state index contributed by atoms with van der Waals surface area (Å²) in [4.78, 5) is 3.83. The first-order valence-corrected chi connectivity index (χ1v) is 7.74. The number of aromatic nitrogens is 1. The number of hydrogen-bond acceptors (Lipinski definition) is 4. The summed E-state index contributed by atoms with van der Waals surface area (Å²) in [5.41, 5.74) is 6.86. The van der Waals surface area contributed by atoms with Crippen LogP contribution in [-0.4, -0.2) is 19.9 Å². The van der Waals surface area contributed by atoms with Gasteiger partial charge in [-0.25, -0.2) is 18.1 Å². The van der Waals surface area contributed by atoms with Crippen molar-refractivity contribution in [3.63, 3.8) is 0 Å². The fourth-order valence-electron chi connectivity index (χ4n) is 1.83. The Labute approximate surface area is 118 Å². The zero-order valence-corrected chi connectivity index (χ0v) is 12.0. The molecule has 1 heterocycles. The van der Waals surface area contributed by atoms with Gasteiger partial charge < -0.3 is 5.73 Å². The van der Waals surface area contributed by atoms with Gasteiger partial charge in [0.25, 0.3) is 10.0 Å². The van der Waals surface area contributed by atoms with Crippen LogP contribution in [0.1, 0.15) is 18.4 Å². The first kappa shape index (κ1) is 14.5. The summed E-state index contributed by atoms with van der Waals surface area (Å²) in [6, 6.07) is 12.8. The van der Waals surface area contributed by atoms with E-state index in [0.717, 1.165) is 5.56 Å². The van der Waals surface area contributed by atoms with Crippen LogP contribution in [0.2, 0.25) is 0 Å². The van der Waals surface area contributed by atoms with E-state index in [-0.39, 0.29) is 16.6 Å². The Morgan fingerprint density at radius 2 is 1.90 bits per heavy atom. The van der Waals surface area contributed by atoms with E-state index in [0.29, 0.717) is 6.54 Å². The molecule has 3 N–H and O–H groups in total. The van der Waals surface area contributed by atoms with E-state index < -0.39 is 10.0 Å². The first-order chi connectivity index (χ1) is 9.50. The van der Waals surface area contributed by atoms with Crippen LogP contribution in [-0.2, 0) is 10.0 Å². The minimum atomic E-state index is -3.68. The van der Waals surface area contributed by atoms with Crippen molar-refractivity contribution in [1.82, 2.24) is 9.71 Å². The fourth-order valence-corrected chi connectivity index (χ4v) is 3.01. The normalized spacial score (nSPS) is 13.1. The van der Waals surface area contributed by atoms with Crippen molar-refractivity contribution < 1.29 is 8.42 Å². The van der Waals surface area contributed by atoms with Crippen molar-refractivity contribution in [3.05, 3.63) is 54.2 Å². The Balaban J connectivity index is 2.09. The Morgan fingerprint density at radius 3 is 2.55 bits per heavy atom. The Morgan fingerprint density at radius 1 is 1.20 bits per heavy atom. The van der Waals surface area contributed by atoms with Crippen molar-refractivity contribution in [2.75, 3.05) is 12.3 Å². The molecule has 0 amide bonds. The van der Waals surface area contributed by atoms with Crippen molar-refractivity contribution in [3.8, 4) is 0 Å². The zero-order chi connectivity index (χ0) is 14.6. The van der Waals surface area contributed by atoms with Crippen LogP contribution in [0.25, 0.3) is 0 Å². The molecule has 0 saturated heterocycles.